The second-order valence-electron chi connectivity index (χ2n) is 4.64. The van der Waals surface area contributed by atoms with Crippen molar-refractivity contribution in [1.29, 1.82) is 0 Å². The van der Waals surface area contributed by atoms with Crippen molar-refractivity contribution < 1.29 is 0 Å². The maximum atomic E-state index is 11.7. The highest BCUT2D eigenvalue weighted by atomic mass is 16.1. The van der Waals surface area contributed by atoms with Crippen LogP contribution in [0.4, 0.5) is 0 Å². The van der Waals surface area contributed by atoms with Crippen molar-refractivity contribution in [3.8, 4) is 0 Å². The summed E-state index contributed by atoms with van der Waals surface area (Å²) in [6.45, 7) is 8.80. The van der Waals surface area contributed by atoms with Crippen LogP contribution >= 0.6 is 0 Å². The third-order valence-electron chi connectivity index (χ3n) is 2.90. The summed E-state index contributed by atoms with van der Waals surface area (Å²) in [6.07, 6.45) is 1.79. The maximum Gasteiger partial charge on any atom is 0.186 e. The highest BCUT2D eigenvalue weighted by Crippen LogP contribution is 1.94. The van der Waals surface area contributed by atoms with Crippen molar-refractivity contribution in [2.45, 2.75) is 33.4 Å². The SMILES string of the molecule is CCN(C)CC(C)NCc1c[nH]c(C)cc1=O. The summed E-state index contributed by atoms with van der Waals surface area (Å²) >= 11 is 0. The first-order valence-corrected chi connectivity index (χ1v) is 6.13. The standard InChI is InChI=1S/C13H23N3O/c1-5-16(4)9-11(3)15-8-12-7-14-10(2)6-13(12)17/h6-7,11,15H,5,8-9H2,1-4H3,(H,14,17). The summed E-state index contributed by atoms with van der Waals surface area (Å²) in [6, 6.07) is 2.01. The number of nitrogens with zero attached hydrogens (tertiary/aromatic N) is 1. The van der Waals surface area contributed by atoms with Crippen molar-refractivity contribution in [3.05, 3.63) is 33.7 Å². The average Bonchev–Trinajstić information content (AvgIpc) is 2.27. The zero-order chi connectivity index (χ0) is 12.8. The van der Waals surface area contributed by atoms with E-state index in [9.17, 15) is 4.79 Å². The highest BCUT2D eigenvalue weighted by Gasteiger charge is 2.06. The molecule has 17 heavy (non-hydrogen) atoms. The molecule has 0 fully saturated rings. The van der Waals surface area contributed by atoms with Gasteiger partial charge in [-0.2, -0.15) is 0 Å². The van der Waals surface area contributed by atoms with E-state index in [0.717, 1.165) is 24.3 Å². The van der Waals surface area contributed by atoms with Gasteiger partial charge in [0.1, 0.15) is 0 Å². The Morgan fingerprint density at radius 3 is 2.82 bits per heavy atom. The predicted octanol–water partition coefficient (Wildman–Crippen LogP) is 1.11. The van der Waals surface area contributed by atoms with Crippen molar-refractivity contribution >= 4 is 0 Å². The number of likely N-dealkylation sites (N-methyl/N-ethyl adjacent to an activating group) is 1. The van der Waals surface area contributed by atoms with Crippen LogP contribution in [0.5, 0.6) is 0 Å². The molecule has 0 aliphatic rings. The molecule has 4 heteroatoms. The number of aryl methyl sites for hydroxylation is 1. The van der Waals surface area contributed by atoms with E-state index >= 15 is 0 Å². The molecule has 1 heterocycles. The molecule has 1 aromatic rings. The number of pyridine rings is 1. The smallest absolute Gasteiger partial charge is 0.186 e. The van der Waals surface area contributed by atoms with Crippen LogP contribution in [0.2, 0.25) is 0 Å². The maximum absolute atomic E-state index is 11.7. The van der Waals surface area contributed by atoms with Gasteiger partial charge in [-0.3, -0.25) is 4.79 Å². The molecule has 4 nitrogen and oxygen atoms in total. The molecule has 0 aliphatic carbocycles. The van der Waals surface area contributed by atoms with Crippen molar-refractivity contribution in [2.24, 2.45) is 0 Å². The van der Waals surface area contributed by atoms with Gasteiger partial charge in [0.15, 0.2) is 5.43 Å². The summed E-state index contributed by atoms with van der Waals surface area (Å²) in [5, 5.41) is 3.36. The van der Waals surface area contributed by atoms with E-state index < -0.39 is 0 Å². The lowest BCUT2D eigenvalue weighted by Gasteiger charge is -2.20. The first-order chi connectivity index (χ1) is 8.02. The van der Waals surface area contributed by atoms with Crippen LogP contribution in [-0.2, 0) is 6.54 Å². The van der Waals surface area contributed by atoms with Crippen molar-refractivity contribution in [3.63, 3.8) is 0 Å². The minimum Gasteiger partial charge on any atom is -0.365 e. The molecule has 1 aromatic heterocycles. The summed E-state index contributed by atoms with van der Waals surface area (Å²) < 4.78 is 0. The first kappa shape index (κ1) is 13.9. The zero-order valence-electron chi connectivity index (χ0n) is 11.2. The minimum atomic E-state index is 0.102. The Labute approximate surface area is 103 Å². The van der Waals surface area contributed by atoms with Crippen LogP contribution in [0.1, 0.15) is 25.1 Å². The summed E-state index contributed by atoms with van der Waals surface area (Å²) in [5.41, 5.74) is 1.80. The van der Waals surface area contributed by atoms with Gasteiger partial charge in [-0.25, -0.2) is 0 Å². The molecule has 2 N–H and O–H groups in total. The molecule has 0 aromatic carbocycles. The largest absolute Gasteiger partial charge is 0.365 e. The third-order valence-corrected chi connectivity index (χ3v) is 2.90. The van der Waals surface area contributed by atoms with Crippen molar-refractivity contribution in [2.75, 3.05) is 20.1 Å². The molecule has 0 amide bonds. The number of hydrogen-bond donors (Lipinski definition) is 2. The Morgan fingerprint density at radius 2 is 2.24 bits per heavy atom. The van der Waals surface area contributed by atoms with Crippen LogP contribution in [0.3, 0.4) is 0 Å². The average molecular weight is 237 g/mol. The zero-order valence-corrected chi connectivity index (χ0v) is 11.2. The van der Waals surface area contributed by atoms with E-state index in [2.05, 4.69) is 36.1 Å². The van der Waals surface area contributed by atoms with E-state index in [-0.39, 0.29) is 5.43 Å². The van der Waals surface area contributed by atoms with Gasteiger partial charge in [-0.05, 0) is 27.4 Å². The van der Waals surface area contributed by atoms with Gasteiger partial charge in [0, 0.05) is 42.7 Å². The van der Waals surface area contributed by atoms with Crippen LogP contribution < -0.4 is 10.7 Å². The number of rotatable bonds is 6. The Hall–Kier alpha value is -1.13. The van der Waals surface area contributed by atoms with E-state index in [1.807, 2.05) is 6.92 Å². The van der Waals surface area contributed by atoms with E-state index in [4.69, 9.17) is 0 Å². The van der Waals surface area contributed by atoms with Gasteiger partial charge in [-0.15, -0.1) is 0 Å². The number of hydrogen-bond acceptors (Lipinski definition) is 3. The van der Waals surface area contributed by atoms with Crippen LogP contribution in [0.25, 0.3) is 0 Å². The second kappa shape index (κ2) is 6.57. The fourth-order valence-electron chi connectivity index (χ4n) is 1.69. The molecule has 96 valence electrons. The molecule has 1 atom stereocenters. The van der Waals surface area contributed by atoms with Gasteiger partial charge < -0.3 is 15.2 Å². The molecule has 0 spiro atoms. The Bertz CT molecular complexity index is 400. The normalized spacial score (nSPS) is 13.0. The first-order valence-electron chi connectivity index (χ1n) is 6.13. The fraction of sp³-hybridized carbons (Fsp3) is 0.615. The van der Waals surface area contributed by atoms with Crippen LogP contribution in [0.15, 0.2) is 17.1 Å². The van der Waals surface area contributed by atoms with Gasteiger partial charge in [0.25, 0.3) is 0 Å². The summed E-state index contributed by atoms with van der Waals surface area (Å²) in [7, 11) is 2.09. The lowest BCUT2D eigenvalue weighted by Crippen LogP contribution is -2.37. The molecule has 0 saturated heterocycles. The summed E-state index contributed by atoms with van der Waals surface area (Å²) in [5.74, 6) is 0. The predicted molar refractivity (Wildman–Crippen MR) is 71.3 cm³/mol. The van der Waals surface area contributed by atoms with E-state index in [0.29, 0.717) is 12.6 Å². The topological polar surface area (TPSA) is 48.1 Å². The highest BCUT2D eigenvalue weighted by molar-refractivity contribution is 5.13. The molecular weight excluding hydrogens is 214 g/mol. The Morgan fingerprint density at radius 1 is 1.53 bits per heavy atom. The van der Waals surface area contributed by atoms with Gasteiger partial charge in [-0.1, -0.05) is 6.92 Å². The molecule has 1 rings (SSSR count). The Balaban J connectivity index is 2.47. The summed E-state index contributed by atoms with van der Waals surface area (Å²) in [4.78, 5) is 17.0. The van der Waals surface area contributed by atoms with E-state index in [1.54, 1.807) is 12.3 Å². The van der Waals surface area contributed by atoms with Crippen molar-refractivity contribution in [1.82, 2.24) is 15.2 Å². The third kappa shape index (κ3) is 4.71. The van der Waals surface area contributed by atoms with Gasteiger partial charge in [0.05, 0.1) is 0 Å². The monoisotopic (exact) mass is 237 g/mol. The molecule has 0 bridgehead atoms. The van der Waals surface area contributed by atoms with Crippen LogP contribution in [0, 0.1) is 6.92 Å². The second-order valence-corrected chi connectivity index (χ2v) is 4.64. The quantitative estimate of drug-likeness (QED) is 0.779. The van der Waals surface area contributed by atoms with Gasteiger partial charge >= 0.3 is 0 Å². The molecular formula is C13H23N3O. The van der Waals surface area contributed by atoms with Crippen LogP contribution in [-0.4, -0.2) is 36.1 Å². The number of H-pyrrole nitrogens is 1. The number of aromatic amines is 1. The lowest BCUT2D eigenvalue weighted by molar-refractivity contribution is 0.309. The van der Waals surface area contributed by atoms with Gasteiger partial charge in [0.2, 0.25) is 0 Å². The molecule has 0 aliphatic heterocycles. The molecule has 0 saturated carbocycles. The number of aromatic nitrogens is 1. The Kier molecular flexibility index (Phi) is 5.38. The number of nitrogens with one attached hydrogen (secondary N) is 2. The lowest BCUT2D eigenvalue weighted by atomic mass is 10.2. The minimum absolute atomic E-state index is 0.102. The van der Waals surface area contributed by atoms with E-state index in [1.165, 1.54) is 0 Å². The fourth-order valence-corrected chi connectivity index (χ4v) is 1.69. The molecule has 0 radical (unpaired) electrons. The molecule has 1 unspecified atom stereocenters.